The second-order valence-corrected chi connectivity index (χ2v) is 4.93. The Balaban J connectivity index is 2.14. The molecule has 0 saturated heterocycles. The Hall–Kier alpha value is -1.74. The number of rotatable bonds is 5. The Morgan fingerprint density at radius 1 is 1.20 bits per heavy atom. The predicted octanol–water partition coefficient (Wildman–Crippen LogP) is 4.80. The molecule has 20 heavy (non-hydrogen) atoms. The van der Waals surface area contributed by atoms with Crippen LogP contribution in [0.1, 0.15) is 18.1 Å². The van der Waals surface area contributed by atoms with Crippen LogP contribution in [0.5, 0.6) is 5.75 Å². The summed E-state index contributed by atoms with van der Waals surface area (Å²) in [7, 11) is 0. The minimum atomic E-state index is -0.330. The van der Waals surface area contributed by atoms with E-state index in [9.17, 15) is 4.39 Å². The number of ether oxygens (including phenoxy) is 1. The summed E-state index contributed by atoms with van der Waals surface area (Å²) in [6.45, 7) is 5.09. The Labute approximate surface area is 123 Å². The van der Waals surface area contributed by atoms with Gasteiger partial charge in [0.15, 0.2) is 0 Å². The van der Waals surface area contributed by atoms with Crippen molar-refractivity contribution < 1.29 is 9.13 Å². The Morgan fingerprint density at radius 3 is 2.70 bits per heavy atom. The first-order valence-electron chi connectivity index (χ1n) is 6.51. The third-order valence-electron chi connectivity index (χ3n) is 2.92. The molecule has 2 aromatic carbocycles. The van der Waals surface area contributed by atoms with Gasteiger partial charge in [-0.05, 0) is 49.2 Å². The number of anilines is 1. The van der Waals surface area contributed by atoms with Gasteiger partial charge in [-0.1, -0.05) is 23.7 Å². The third kappa shape index (κ3) is 3.64. The molecule has 0 spiro atoms. The highest BCUT2D eigenvalue weighted by Gasteiger charge is 2.06. The fourth-order valence-corrected chi connectivity index (χ4v) is 2.14. The second kappa shape index (κ2) is 6.62. The van der Waals surface area contributed by atoms with Gasteiger partial charge >= 0.3 is 0 Å². The molecule has 2 aromatic rings. The molecule has 4 heteroatoms. The molecule has 0 aliphatic heterocycles. The van der Waals surface area contributed by atoms with Crippen molar-refractivity contribution in [2.45, 2.75) is 20.4 Å². The summed E-state index contributed by atoms with van der Waals surface area (Å²) >= 11 is 6.01. The van der Waals surface area contributed by atoms with Gasteiger partial charge in [0.1, 0.15) is 11.6 Å². The van der Waals surface area contributed by atoms with E-state index < -0.39 is 0 Å². The molecule has 106 valence electrons. The lowest BCUT2D eigenvalue weighted by atomic mass is 10.2. The largest absolute Gasteiger partial charge is 0.492 e. The number of halogens is 2. The zero-order valence-corrected chi connectivity index (χ0v) is 12.3. The van der Waals surface area contributed by atoms with Crippen LogP contribution in [-0.4, -0.2) is 6.61 Å². The molecule has 0 aromatic heterocycles. The van der Waals surface area contributed by atoms with Gasteiger partial charge in [0.2, 0.25) is 0 Å². The molecule has 0 saturated carbocycles. The SMILES string of the molecule is CCOc1cc(C)ccc1NCc1ccc(F)cc1Cl. The van der Waals surface area contributed by atoms with Crippen LogP contribution in [0.15, 0.2) is 36.4 Å². The van der Waals surface area contributed by atoms with E-state index >= 15 is 0 Å². The average Bonchev–Trinajstić information content (AvgIpc) is 2.40. The smallest absolute Gasteiger partial charge is 0.142 e. The van der Waals surface area contributed by atoms with Crippen molar-refractivity contribution in [3.05, 3.63) is 58.4 Å². The Morgan fingerprint density at radius 2 is 2.00 bits per heavy atom. The van der Waals surface area contributed by atoms with Crippen molar-refractivity contribution in [1.82, 2.24) is 0 Å². The fourth-order valence-electron chi connectivity index (χ4n) is 1.91. The molecule has 0 unspecified atom stereocenters. The van der Waals surface area contributed by atoms with Gasteiger partial charge in [-0.2, -0.15) is 0 Å². The quantitative estimate of drug-likeness (QED) is 0.855. The van der Waals surface area contributed by atoms with Gasteiger partial charge in [-0.3, -0.25) is 0 Å². The minimum Gasteiger partial charge on any atom is -0.492 e. The van der Waals surface area contributed by atoms with Crippen LogP contribution < -0.4 is 10.1 Å². The zero-order chi connectivity index (χ0) is 14.5. The average molecular weight is 294 g/mol. The zero-order valence-electron chi connectivity index (χ0n) is 11.5. The van der Waals surface area contributed by atoms with Gasteiger partial charge in [-0.15, -0.1) is 0 Å². The second-order valence-electron chi connectivity index (χ2n) is 4.52. The molecule has 0 aliphatic rings. The topological polar surface area (TPSA) is 21.3 Å². The molecule has 2 rings (SSSR count). The summed E-state index contributed by atoms with van der Waals surface area (Å²) < 4.78 is 18.6. The lowest BCUT2D eigenvalue weighted by Gasteiger charge is -2.14. The van der Waals surface area contributed by atoms with E-state index in [-0.39, 0.29) is 5.82 Å². The molecule has 0 bridgehead atoms. The summed E-state index contributed by atoms with van der Waals surface area (Å²) in [5.74, 6) is 0.481. The summed E-state index contributed by atoms with van der Waals surface area (Å²) in [5.41, 5.74) is 2.88. The monoisotopic (exact) mass is 293 g/mol. The first-order chi connectivity index (χ1) is 9.60. The van der Waals surface area contributed by atoms with Crippen molar-refractivity contribution in [3.63, 3.8) is 0 Å². The van der Waals surface area contributed by atoms with Crippen LogP contribution in [0, 0.1) is 12.7 Å². The van der Waals surface area contributed by atoms with Crippen molar-refractivity contribution in [3.8, 4) is 5.75 Å². The van der Waals surface area contributed by atoms with Crippen molar-refractivity contribution in [2.75, 3.05) is 11.9 Å². The molecule has 0 amide bonds. The number of hydrogen-bond donors (Lipinski definition) is 1. The van der Waals surface area contributed by atoms with Crippen LogP contribution in [-0.2, 0) is 6.54 Å². The molecule has 0 aliphatic carbocycles. The maximum atomic E-state index is 13.0. The summed E-state index contributed by atoms with van der Waals surface area (Å²) in [4.78, 5) is 0. The van der Waals surface area contributed by atoms with E-state index in [0.29, 0.717) is 18.2 Å². The normalized spacial score (nSPS) is 10.4. The lowest BCUT2D eigenvalue weighted by molar-refractivity contribution is 0.341. The van der Waals surface area contributed by atoms with E-state index in [2.05, 4.69) is 5.32 Å². The molecule has 0 atom stereocenters. The number of nitrogens with one attached hydrogen (secondary N) is 1. The van der Waals surface area contributed by atoms with Gasteiger partial charge in [-0.25, -0.2) is 4.39 Å². The molecular weight excluding hydrogens is 277 g/mol. The standard InChI is InChI=1S/C16H17ClFNO/c1-3-20-16-8-11(2)4-7-15(16)19-10-12-5-6-13(18)9-14(12)17/h4-9,19H,3,10H2,1-2H3. The molecule has 1 N–H and O–H groups in total. The first kappa shape index (κ1) is 14.7. The van der Waals surface area contributed by atoms with E-state index in [1.54, 1.807) is 6.07 Å². The van der Waals surface area contributed by atoms with Crippen LogP contribution in [0.2, 0.25) is 5.02 Å². The predicted molar refractivity (Wildman–Crippen MR) is 81.1 cm³/mol. The van der Waals surface area contributed by atoms with E-state index in [1.165, 1.54) is 12.1 Å². The lowest BCUT2D eigenvalue weighted by Crippen LogP contribution is -2.03. The molecular formula is C16H17ClFNO. The number of benzene rings is 2. The third-order valence-corrected chi connectivity index (χ3v) is 3.27. The van der Waals surface area contributed by atoms with Crippen LogP contribution in [0.3, 0.4) is 0 Å². The minimum absolute atomic E-state index is 0.330. The summed E-state index contributed by atoms with van der Waals surface area (Å²) in [6.07, 6.45) is 0. The highest BCUT2D eigenvalue weighted by atomic mass is 35.5. The van der Waals surface area contributed by atoms with Crippen molar-refractivity contribution in [1.29, 1.82) is 0 Å². The Bertz CT molecular complexity index is 601. The Kier molecular flexibility index (Phi) is 4.85. The van der Waals surface area contributed by atoms with Crippen LogP contribution in [0.25, 0.3) is 0 Å². The number of hydrogen-bond acceptors (Lipinski definition) is 2. The van der Waals surface area contributed by atoms with Gasteiger partial charge in [0.25, 0.3) is 0 Å². The van der Waals surface area contributed by atoms with Gasteiger partial charge in [0, 0.05) is 11.6 Å². The van der Waals surface area contributed by atoms with E-state index in [0.717, 1.165) is 22.6 Å². The summed E-state index contributed by atoms with van der Waals surface area (Å²) in [6, 6.07) is 10.4. The summed E-state index contributed by atoms with van der Waals surface area (Å²) in [5, 5.41) is 3.69. The molecule has 0 radical (unpaired) electrons. The van der Waals surface area contributed by atoms with Gasteiger partial charge in [0.05, 0.1) is 12.3 Å². The molecule has 2 nitrogen and oxygen atoms in total. The van der Waals surface area contributed by atoms with E-state index in [4.69, 9.17) is 16.3 Å². The van der Waals surface area contributed by atoms with Crippen LogP contribution >= 0.6 is 11.6 Å². The maximum absolute atomic E-state index is 13.0. The first-order valence-corrected chi connectivity index (χ1v) is 6.89. The van der Waals surface area contributed by atoms with Crippen molar-refractivity contribution in [2.24, 2.45) is 0 Å². The highest BCUT2D eigenvalue weighted by Crippen LogP contribution is 2.27. The molecule has 0 heterocycles. The van der Waals surface area contributed by atoms with Crippen molar-refractivity contribution >= 4 is 17.3 Å². The van der Waals surface area contributed by atoms with E-state index in [1.807, 2.05) is 32.0 Å². The van der Waals surface area contributed by atoms with Gasteiger partial charge < -0.3 is 10.1 Å². The maximum Gasteiger partial charge on any atom is 0.142 e. The highest BCUT2D eigenvalue weighted by molar-refractivity contribution is 6.31. The molecule has 0 fully saturated rings. The van der Waals surface area contributed by atoms with Crippen LogP contribution in [0.4, 0.5) is 10.1 Å². The number of aryl methyl sites for hydroxylation is 1. The fraction of sp³-hybridized carbons (Fsp3) is 0.250.